The molecule has 1 aliphatic heterocycles. The number of hydrogen-bond acceptors (Lipinski definition) is 5. The summed E-state index contributed by atoms with van der Waals surface area (Å²) in [4.78, 5) is 11.9. The maximum Gasteiger partial charge on any atom is 0.225 e. The lowest BCUT2D eigenvalue weighted by atomic mass is 9.90. The van der Waals surface area contributed by atoms with Crippen molar-refractivity contribution >= 4 is 39.7 Å². The molecule has 0 saturated heterocycles. The van der Waals surface area contributed by atoms with Gasteiger partial charge in [0.1, 0.15) is 5.01 Å². The zero-order valence-corrected chi connectivity index (χ0v) is 15.5. The molecule has 0 saturated carbocycles. The minimum Gasteiger partial charge on any atom is -0.359 e. The van der Waals surface area contributed by atoms with Crippen molar-refractivity contribution in [2.45, 2.75) is 18.8 Å². The van der Waals surface area contributed by atoms with Gasteiger partial charge in [-0.25, -0.2) is 0 Å². The molecular weight excluding hydrogens is 368 g/mol. The van der Waals surface area contributed by atoms with E-state index in [1.54, 1.807) is 0 Å². The van der Waals surface area contributed by atoms with Crippen molar-refractivity contribution in [3.05, 3.63) is 69.7 Å². The molecule has 1 atom stereocenters. The van der Waals surface area contributed by atoms with Crippen LogP contribution in [0.5, 0.6) is 0 Å². The number of carbonyl (C=O) groups is 1. The van der Waals surface area contributed by atoms with Crippen LogP contribution in [0.3, 0.4) is 0 Å². The van der Waals surface area contributed by atoms with Gasteiger partial charge in [-0.05, 0) is 29.3 Å². The topological polar surface area (TPSA) is 66.9 Å². The van der Waals surface area contributed by atoms with E-state index < -0.39 is 0 Å². The first-order valence-electron chi connectivity index (χ1n) is 8.37. The van der Waals surface area contributed by atoms with E-state index in [2.05, 4.69) is 26.9 Å². The van der Waals surface area contributed by atoms with Crippen LogP contribution in [0.15, 0.2) is 48.5 Å². The van der Waals surface area contributed by atoms with Gasteiger partial charge in [0, 0.05) is 36.0 Å². The minimum absolute atomic E-state index is 0.0520. The van der Waals surface area contributed by atoms with E-state index in [0.29, 0.717) is 13.0 Å². The van der Waals surface area contributed by atoms with Crippen LogP contribution in [-0.4, -0.2) is 22.6 Å². The van der Waals surface area contributed by atoms with Crippen LogP contribution in [0.2, 0.25) is 5.02 Å². The van der Waals surface area contributed by atoms with Gasteiger partial charge in [0.15, 0.2) is 0 Å². The predicted molar refractivity (Wildman–Crippen MR) is 105 cm³/mol. The summed E-state index contributed by atoms with van der Waals surface area (Å²) in [6.07, 6.45) is 1.20. The molecule has 1 unspecified atom stereocenters. The molecular formula is C19H17ClN4OS. The highest BCUT2D eigenvalue weighted by Gasteiger charge is 2.24. The third-order valence-electron chi connectivity index (χ3n) is 4.34. The fraction of sp³-hybridized carbons (Fsp3) is 0.211. The van der Waals surface area contributed by atoms with Crippen molar-refractivity contribution < 1.29 is 4.79 Å². The van der Waals surface area contributed by atoms with Gasteiger partial charge < -0.3 is 10.6 Å². The number of amides is 1. The molecule has 0 bridgehead atoms. The summed E-state index contributed by atoms with van der Waals surface area (Å²) < 4.78 is 0. The fourth-order valence-electron chi connectivity index (χ4n) is 3.07. The van der Waals surface area contributed by atoms with Crippen LogP contribution < -0.4 is 10.6 Å². The highest BCUT2D eigenvalue weighted by molar-refractivity contribution is 7.15. The van der Waals surface area contributed by atoms with E-state index >= 15 is 0 Å². The lowest BCUT2D eigenvalue weighted by Gasteiger charge is -2.25. The zero-order chi connectivity index (χ0) is 17.9. The maximum absolute atomic E-state index is 11.9. The van der Waals surface area contributed by atoms with Crippen molar-refractivity contribution in [2.75, 3.05) is 17.2 Å². The van der Waals surface area contributed by atoms with Gasteiger partial charge in [-0.3, -0.25) is 4.79 Å². The standard InChI is InChI=1S/C19H17ClN4OS/c20-14-7-5-12(6-8-14)9-18-23-24-19(26-18)21-11-13-10-17(25)22-16-4-2-1-3-15(13)16/h1-8,13H,9-11H2,(H,21,24)(H,22,25). The molecule has 1 aromatic heterocycles. The average molecular weight is 385 g/mol. The molecule has 2 aromatic carbocycles. The van der Waals surface area contributed by atoms with Gasteiger partial charge in [-0.2, -0.15) is 0 Å². The largest absolute Gasteiger partial charge is 0.359 e. The van der Waals surface area contributed by atoms with Gasteiger partial charge in [-0.15, -0.1) is 10.2 Å². The van der Waals surface area contributed by atoms with Crippen molar-refractivity contribution in [3.63, 3.8) is 0 Å². The number of carbonyl (C=O) groups excluding carboxylic acids is 1. The first-order chi connectivity index (χ1) is 12.7. The van der Waals surface area contributed by atoms with Crippen molar-refractivity contribution in [3.8, 4) is 0 Å². The van der Waals surface area contributed by atoms with Gasteiger partial charge in [0.2, 0.25) is 11.0 Å². The van der Waals surface area contributed by atoms with E-state index in [1.807, 2.05) is 42.5 Å². The Morgan fingerprint density at radius 3 is 2.81 bits per heavy atom. The summed E-state index contributed by atoms with van der Waals surface area (Å²) in [7, 11) is 0. The van der Waals surface area contributed by atoms with Crippen LogP contribution in [-0.2, 0) is 11.2 Å². The highest BCUT2D eigenvalue weighted by atomic mass is 35.5. The average Bonchev–Trinajstić information content (AvgIpc) is 3.09. The highest BCUT2D eigenvalue weighted by Crippen LogP contribution is 2.32. The minimum atomic E-state index is 0.0520. The maximum atomic E-state index is 11.9. The second kappa shape index (κ2) is 7.43. The third-order valence-corrected chi connectivity index (χ3v) is 5.47. The van der Waals surface area contributed by atoms with Gasteiger partial charge in [-0.1, -0.05) is 53.3 Å². The number of nitrogens with one attached hydrogen (secondary N) is 2. The van der Waals surface area contributed by atoms with Crippen molar-refractivity contribution in [1.82, 2.24) is 10.2 Å². The molecule has 0 aliphatic carbocycles. The lowest BCUT2D eigenvalue weighted by Crippen LogP contribution is -2.26. The molecule has 132 valence electrons. The Morgan fingerprint density at radius 1 is 1.15 bits per heavy atom. The van der Waals surface area contributed by atoms with Gasteiger partial charge >= 0.3 is 0 Å². The molecule has 0 fully saturated rings. The summed E-state index contributed by atoms with van der Waals surface area (Å²) in [5, 5.41) is 17.2. The molecule has 2 heterocycles. The molecule has 4 rings (SSSR count). The number of nitrogens with zero attached hydrogens (tertiary/aromatic N) is 2. The Labute approximate surface area is 160 Å². The van der Waals surface area contributed by atoms with Crippen LogP contribution in [0.1, 0.15) is 28.5 Å². The third kappa shape index (κ3) is 3.86. The van der Waals surface area contributed by atoms with Crippen LogP contribution in [0.25, 0.3) is 0 Å². The number of anilines is 2. The Hall–Kier alpha value is -2.44. The Morgan fingerprint density at radius 2 is 1.96 bits per heavy atom. The van der Waals surface area contributed by atoms with Crippen molar-refractivity contribution in [1.29, 1.82) is 0 Å². The lowest BCUT2D eigenvalue weighted by molar-refractivity contribution is -0.116. The van der Waals surface area contributed by atoms with E-state index in [9.17, 15) is 4.79 Å². The number of aromatic nitrogens is 2. The molecule has 1 amide bonds. The van der Waals surface area contributed by atoms with Gasteiger partial charge in [0.25, 0.3) is 0 Å². The Bertz CT molecular complexity index is 925. The van der Waals surface area contributed by atoms with E-state index in [-0.39, 0.29) is 11.8 Å². The quantitative estimate of drug-likeness (QED) is 0.687. The second-order valence-corrected chi connectivity index (χ2v) is 7.72. The first-order valence-corrected chi connectivity index (χ1v) is 9.56. The van der Waals surface area contributed by atoms with E-state index in [4.69, 9.17) is 11.6 Å². The fourth-order valence-corrected chi connectivity index (χ4v) is 3.97. The smallest absolute Gasteiger partial charge is 0.225 e. The molecule has 2 N–H and O–H groups in total. The van der Waals surface area contributed by atoms with Crippen molar-refractivity contribution in [2.24, 2.45) is 0 Å². The monoisotopic (exact) mass is 384 g/mol. The number of hydrogen-bond donors (Lipinski definition) is 2. The number of rotatable bonds is 5. The summed E-state index contributed by atoms with van der Waals surface area (Å²) in [5.74, 6) is 0.180. The SMILES string of the molecule is O=C1CC(CNc2nnc(Cc3ccc(Cl)cc3)s2)c2ccccc2N1. The summed E-state index contributed by atoms with van der Waals surface area (Å²) in [5.41, 5.74) is 3.21. The van der Waals surface area contributed by atoms with E-state index in [1.165, 1.54) is 11.3 Å². The zero-order valence-electron chi connectivity index (χ0n) is 13.9. The van der Waals surface area contributed by atoms with Crippen LogP contribution >= 0.6 is 22.9 Å². The molecule has 0 radical (unpaired) electrons. The normalized spacial score (nSPS) is 16.0. The molecule has 1 aliphatic rings. The number of para-hydroxylation sites is 1. The predicted octanol–water partition coefficient (Wildman–Crippen LogP) is 4.32. The number of benzene rings is 2. The molecule has 7 heteroatoms. The molecule has 5 nitrogen and oxygen atoms in total. The Balaban J connectivity index is 1.40. The summed E-state index contributed by atoms with van der Waals surface area (Å²) >= 11 is 7.45. The summed E-state index contributed by atoms with van der Waals surface area (Å²) in [6.45, 7) is 0.653. The first kappa shape index (κ1) is 17.0. The summed E-state index contributed by atoms with van der Waals surface area (Å²) in [6, 6.07) is 15.7. The number of fused-ring (bicyclic) bond motifs is 1. The molecule has 26 heavy (non-hydrogen) atoms. The molecule has 3 aromatic rings. The van der Waals surface area contributed by atoms with Crippen LogP contribution in [0, 0.1) is 0 Å². The van der Waals surface area contributed by atoms with E-state index in [0.717, 1.165) is 38.4 Å². The van der Waals surface area contributed by atoms with Crippen LogP contribution in [0.4, 0.5) is 10.8 Å². The number of halogens is 1. The molecule has 0 spiro atoms. The second-order valence-electron chi connectivity index (χ2n) is 6.22. The van der Waals surface area contributed by atoms with Gasteiger partial charge in [0.05, 0.1) is 0 Å². The Kier molecular flexibility index (Phi) is 4.86.